The van der Waals surface area contributed by atoms with Crippen LogP contribution in [0.25, 0.3) is 6.08 Å². The molecule has 0 saturated carbocycles. The third kappa shape index (κ3) is 3.98. The number of aromatic nitrogens is 2. The Balaban J connectivity index is 2.10. The SMILES string of the molecule is COC(=O)c1cccc(NC(=O)/C=C/c2c(C)nn(C)c2Cl)c1. The zero-order valence-electron chi connectivity index (χ0n) is 13.0. The number of rotatable bonds is 4. The lowest BCUT2D eigenvalue weighted by molar-refractivity contribution is -0.111. The molecule has 1 aromatic heterocycles. The summed E-state index contributed by atoms with van der Waals surface area (Å²) in [6.45, 7) is 1.81. The molecule has 1 aromatic carbocycles. The minimum absolute atomic E-state index is 0.341. The minimum Gasteiger partial charge on any atom is -0.465 e. The number of ether oxygens (including phenoxy) is 1. The summed E-state index contributed by atoms with van der Waals surface area (Å²) < 4.78 is 6.18. The molecule has 0 saturated heterocycles. The van der Waals surface area contributed by atoms with Gasteiger partial charge in [-0.2, -0.15) is 5.10 Å². The average molecular weight is 334 g/mol. The number of benzene rings is 1. The Morgan fingerprint density at radius 1 is 1.39 bits per heavy atom. The van der Waals surface area contributed by atoms with Gasteiger partial charge in [-0.1, -0.05) is 17.7 Å². The molecule has 2 rings (SSSR count). The Hall–Kier alpha value is -2.60. The summed E-state index contributed by atoms with van der Waals surface area (Å²) in [7, 11) is 3.03. The zero-order valence-corrected chi connectivity index (χ0v) is 13.7. The standard InChI is InChI=1S/C16H16ClN3O3/c1-10-13(15(17)20(2)19-10)7-8-14(21)18-12-6-4-5-11(9-12)16(22)23-3/h4-9H,1-3H3,(H,18,21)/b8-7+. The highest BCUT2D eigenvalue weighted by Gasteiger charge is 2.09. The van der Waals surface area contributed by atoms with Crippen LogP contribution in [0.1, 0.15) is 21.6 Å². The summed E-state index contributed by atoms with van der Waals surface area (Å²) >= 11 is 6.10. The van der Waals surface area contributed by atoms with Crippen molar-refractivity contribution in [2.24, 2.45) is 7.05 Å². The van der Waals surface area contributed by atoms with Crippen LogP contribution in [0.2, 0.25) is 5.15 Å². The molecule has 0 radical (unpaired) electrons. The maximum absolute atomic E-state index is 12.0. The summed E-state index contributed by atoms with van der Waals surface area (Å²) in [5.74, 6) is -0.805. The van der Waals surface area contributed by atoms with Crippen molar-refractivity contribution in [2.45, 2.75) is 6.92 Å². The number of amides is 1. The van der Waals surface area contributed by atoms with Crippen molar-refractivity contribution in [2.75, 3.05) is 12.4 Å². The molecule has 23 heavy (non-hydrogen) atoms. The Bertz CT molecular complexity index is 781. The monoisotopic (exact) mass is 333 g/mol. The minimum atomic E-state index is -0.464. The van der Waals surface area contributed by atoms with Crippen LogP contribution in [0.4, 0.5) is 5.69 Å². The van der Waals surface area contributed by atoms with Gasteiger partial charge in [0.15, 0.2) is 0 Å². The summed E-state index contributed by atoms with van der Waals surface area (Å²) in [5.41, 5.74) is 2.28. The molecule has 1 heterocycles. The average Bonchev–Trinajstić information content (AvgIpc) is 2.77. The maximum atomic E-state index is 12.0. The van der Waals surface area contributed by atoms with Gasteiger partial charge in [0.25, 0.3) is 0 Å². The normalized spacial score (nSPS) is 10.8. The lowest BCUT2D eigenvalue weighted by atomic mass is 10.2. The number of nitrogens with one attached hydrogen (secondary N) is 1. The molecule has 6 nitrogen and oxygen atoms in total. The lowest BCUT2D eigenvalue weighted by Crippen LogP contribution is -2.09. The third-order valence-corrected chi connectivity index (χ3v) is 3.60. The van der Waals surface area contributed by atoms with Gasteiger partial charge in [-0.25, -0.2) is 4.79 Å². The van der Waals surface area contributed by atoms with E-state index < -0.39 is 5.97 Å². The van der Waals surface area contributed by atoms with Crippen molar-refractivity contribution >= 4 is 35.2 Å². The maximum Gasteiger partial charge on any atom is 0.337 e. The van der Waals surface area contributed by atoms with E-state index in [1.807, 2.05) is 6.92 Å². The molecule has 0 aliphatic rings. The molecule has 0 spiro atoms. The molecule has 0 unspecified atom stereocenters. The van der Waals surface area contributed by atoms with Crippen LogP contribution in [0, 0.1) is 6.92 Å². The second-order valence-corrected chi connectivity index (χ2v) is 5.17. The first-order valence-electron chi connectivity index (χ1n) is 6.79. The fraction of sp³-hybridized carbons (Fsp3) is 0.188. The number of carbonyl (C=O) groups excluding carboxylic acids is 2. The smallest absolute Gasteiger partial charge is 0.337 e. The molecule has 120 valence electrons. The molecule has 2 aromatic rings. The van der Waals surface area contributed by atoms with Crippen molar-refractivity contribution in [3.8, 4) is 0 Å². The Morgan fingerprint density at radius 3 is 2.74 bits per heavy atom. The van der Waals surface area contributed by atoms with Gasteiger partial charge in [-0.15, -0.1) is 0 Å². The van der Waals surface area contributed by atoms with Crippen LogP contribution in [0.3, 0.4) is 0 Å². The molecule has 0 bridgehead atoms. The van der Waals surface area contributed by atoms with Crippen LogP contribution < -0.4 is 5.32 Å². The van der Waals surface area contributed by atoms with Gasteiger partial charge in [0.05, 0.1) is 18.4 Å². The number of hydrogen-bond acceptors (Lipinski definition) is 4. The number of esters is 1. The Morgan fingerprint density at radius 2 is 2.13 bits per heavy atom. The van der Waals surface area contributed by atoms with Crippen molar-refractivity contribution in [3.05, 3.63) is 52.3 Å². The molecule has 1 amide bonds. The summed E-state index contributed by atoms with van der Waals surface area (Å²) in [5, 5.41) is 7.29. The van der Waals surface area contributed by atoms with E-state index >= 15 is 0 Å². The van der Waals surface area contributed by atoms with Gasteiger partial charge in [-0.3, -0.25) is 9.48 Å². The molecule has 0 atom stereocenters. The molecule has 7 heteroatoms. The largest absolute Gasteiger partial charge is 0.465 e. The van der Waals surface area contributed by atoms with Crippen LogP contribution >= 0.6 is 11.6 Å². The van der Waals surface area contributed by atoms with E-state index in [1.54, 1.807) is 37.4 Å². The van der Waals surface area contributed by atoms with E-state index in [9.17, 15) is 9.59 Å². The topological polar surface area (TPSA) is 73.2 Å². The highest BCUT2D eigenvalue weighted by Crippen LogP contribution is 2.20. The summed E-state index contributed by atoms with van der Waals surface area (Å²) in [6.07, 6.45) is 2.96. The van der Waals surface area contributed by atoms with Crippen LogP contribution in [-0.2, 0) is 16.6 Å². The van der Waals surface area contributed by atoms with Gasteiger partial charge >= 0.3 is 5.97 Å². The number of nitrogens with zero attached hydrogens (tertiary/aromatic N) is 2. The van der Waals surface area contributed by atoms with Crippen LogP contribution in [0.5, 0.6) is 0 Å². The van der Waals surface area contributed by atoms with E-state index in [0.717, 1.165) is 5.69 Å². The van der Waals surface area contributed by atoms with Crippen molar-refractivity contribution in [1.29, 1.82) is 0 Å². The Kier molecular flexibility index (Phi) is 5.18. The first kappa shape index (κ1) is 16.8. The highest BCUT2D eigenvalue weighted by atomic mass is 35.5. The number of methoxy groups -OCH3 is 1. The summed E-state index contributed by atoms with van der Waals surface area (Å²) in [4.78, 5) is 23.4. The number of hydrogen-bond donors (Lipinski definition) is 1. The first-order chi connectivity index (χ1) is 10.9. The fourth-order valence-electron chi connectivity index (χ4n) is 2.02. The van der Waals surface area contributed by atoms with Crippen molar-refractivity contribution < 1.29 is 14.3 Å². The first-order valence-corrected chi connectivity index (χ1v) is 7.16. The molecule has 0 fully saturated rings. The second kappa shape index (κ2) is 7.11. The third-order valence-electron chi connectivity index (χ3n) is 3.15. The van der Waals surface area contributed by atoms with Crippen LogP contribution in [-0.4, -0.2) is 28.8 Å². The number of anilines is 1. The molecular weight excluding hydrogens is 318 g/mol. The van der Waals surface area contributed by atoms with Gasteiger partial charge in [-0.05, 0) is 31.2 Å². The fourth-order valence-corrected chi connectivity index (χ4v) is 2.26. The summed E-state index contributed by atoms with van der Waals surface area (Å²) in [6, 6.07) is 6.49. The van der Waals surface area contributed by atoms with E-state index in [4.69, 9.17) is 11.6 Å². The predicted octanol–water partition coefficient (Wildman–Crippen LogP) is 2.82. The van der Waals surface area contributed by atoms with Crippen LogP contribution in [0.15, 0.2) is 30.3 Å². The molecule has 1 N–H and O–H groups in total. The molecular formula is C16H16ClN3O3. The lowest BCUT2D eigenvalue weighted by Gasteiger charge is -2.04. The van der Waals surface area contributed by atoms with Gasteiger partial charge in [0.1, 0.15) is 5.15 Å². The van der Waals surface area contributed by atoms with E-state index in [1.165, 1.54) is 17.9 Å². The Labute approximate surface area is 138 Å². The number of aryl methyl sites for hydroxylation is 2. The molecule has 0 aliphatic carbocycles. The number of halogens is 1. The van der Waals surface area contributed by atoms with E-state index in [2.05, 4.69) is 15.2 Å². The number of carbonyl (C=O) groups is 2. The predicted molar refractivity (Wildman–Crippen MR) is 88.4 cm³/mol. The van der Waals surface area contributed by atoms with E-state index in [-0.39, 0.29) is 5.91 Å². The van der Waals surface area contributed by atoms with Gasteiger partial charge < -0.3 is 10.1 Å². The molecule has 0 aliphatic heterocycles. The second-order valence-electron chi connectivity index (χ2n) is 4.81. The highest BCUT2D eigenvalue weighted by molar-refractivity contribution is 6.31. The van der Waals surface area contributed by atoms with Gasteiger partial charge in [0, 0.05) is 24.4 Å². The van der Waals surface area contributed by atoms with Crippen molar-refractivity contribution in [1.82, 2.24) is 9.78 Å². The van der Waals surface area contributed by atoms with E-state index in [0.29, 0.717) is 22.0 Å². The quantitative estimate of drug-likeness (QED) is 0.689. The van der Waals surface area contributed by atoms with Crippen molar-refractivity contribution in [3.63, 3.8) is 0 Å². The zero-order chi connectivity index (χ0) is 17.0. The van der Waals surface area contributed by atoms with Gasteiger partial charge in [0.2, 0.25) is 5.91 Å².